The Morgan fingerprint density at radius 3 is 1.93 bits per heavy atom. The zero-order chi connectivity index (χ0) is 29.3. The summed E-state index contributed by atoms with van der Waals surface area (Å²) in [4.78, 5) is 31.7. The highest BCUT2D eigenvalue weighted by Crippen LogP contribution is 2.32. The van der Waals surface area contributed by atoms with Gasteiger partial charge in [0.05, 0.1) is 24.3 Å². The summed E-state index contributed by atoms with van der Waals surface area (Å²) in [5.74, 6) is 0.0887. The number of carbonyl (C=O) groups is 2. The molecule has 1 fully saturated rings. The van der Waals surface area contributed by atoms with Gasteiger partial charge < -0.3 is 25.2 Å². The molecule has 1 saturated heterocycles. The van der Waals surface area contributed by atoms with Crippen molar-refractivity contribution in [2.24, 2.45) is 0 Å². The van der Waals surface area contributed by atoms with Gasteiger partial charge in [-0.3, -0.25) is 9.59 Å². The number of nitrogens with one attached hydrogen (secondary N) is 2. The first-order valence-corrected chi connectivity index (χ1v) is 14.5. The van der Waals surface area contributed by atoms with Gasteiger partial charge in [-0.25, -0.2) is 0 Å². The third kappa shape index (κ3) is 6.57. The number of ether oxygens (including phenoxy) is 1. The van der Waals surface area contributed by atoms with E-state index in [1.165, 1.54) is 0 Å². The first-order chi connectivity index (χ1) is 20.6. The van der Waals surface area contributed by atoms with Gasteiger partial charge in [0.2, 0.25) is 5.91 Å². The Balaban J connectivity index is 1.39. The maximum absolute atomic E-state index is 13.7. The molecule has 5 rings (SSSR count). The molecule has 1 heterocycles. The van der Waals surface area contributed by atoms with Gasteiger partial charge in [-0.05, 0) is 47.9 Å². The van der Waals surface area contributed by atoms with Crippen LogP contribution in [0.25, 0.3) is 0 Å². The molecule has 216 valence electrons. The lowest BCUT2D eigenvalue weighted by Gasteiger charge is -2.38. The number of anilines is 3. The topological polar surface area (TPSA) is 73.9 Å². The van der Waals surface area contributed by atoms with Crippen LogP contribution in [0.4, 0.5) is 17.1 Å². The highest BCUT2D eigenvalue weighted by atomic mass is 16.5. The van der Waals surface area contributed by atoms with Crippen LogP contribution in [-0.4, -0.2) is 51.6 Å². The number of piperazine rings is 1. The van der Waals surface area contributed by atoms with E-state index in [2.05, 4.69) is 26.5 Å². The number of rotatable bonds is 10. The lowest BCUT2D eigenvalue weighted by Crippen LogP contribution is -2.47. The van der Waals surface area contributed by atoms with E-state index in [4.69, 9.17) is 4.74 Å². The average Bonchev–Trinajstić information content (AvgIpc) is 3.05. The normalized spacial score (nSPS) is 13.1. The molecular weight excluding hydrogens is 524 g/mol. The molecule has 0 unspecified atom stereocenters. The summed E-state index contributed by atoms with van der Waals surface area (Å²) in [6.07, 6.45) is 0.838. The zero-order valence-electron chi connectivity index (χ0n) is 24.3. The minimum absolute atomic E-state index is 0.141. The molecule has 2 amide bonds. The predicted octanol–water partition coefficient (Wildman–Crippen LogP) is 5.93. The fraction of sp³-hybridized carbons (Fsp3) is 0.257. The second-order valence-corrected chi connectivity index (χ2v) is 10.4. The molecule has 0 saturated carbocycles. The first-order valence-electron chi connectivity index (χ1n) is 14.5. The number of carbonyl (C=O) groups excluding carboxylic acids is 2. The molecule has 1 aliphatic rings. The van der Waals surface area contributed by atoms with Crippen LogP contribution in [0.15, 0.2) is 103 Å². The van der Waals surface area contributed by atoms with Crippen LogP contribution in [0.1, 0.15) is 40.7 Å². The molecule has 0 aromatic heterocycles. The van der Waals surface area contributed by atoms with Crippen LogP contribution >= 0.6 is 0 Å². The zero-order valence-corrected chi connectivity index (χ0v) is 24.3. The molecule has 7 nitrogen and oxygen atoms in total. The third-order valence-electron chi connectivity index (χ3n) is 7.62. The lowest BCUT2D eigenvalue weighted by atomic mass is 9.90. The molecule has 0 aliphatic carbocycles. The van der Waals surface area contributed by atoms with E-state index < -0.39 is 5.92 Å². The van der Waals surface area contributed by atoms with E-state index >= 15 is 0 Å². The van der Waals surface area contributed by atoms with E-state index in [1.54, 1.807) is 13.2 Å². The van der Waals surface area contributed by atoms with E-state index in [0.29, 0.717) is 17.8 Å². The van der Waals surface area contributed by atoms with Gasteiger partial charge in [0.15, 0.2) is 0 Å². The minimum atomic E-state index is -0.479. The maximum Gasteiger partial charge on any atom is 0.253 e. The molecule has 4 aromatic rings. The van der Waals surface area contributed by atoms with Gasteiger partial charge in [-0.2, -0.15) is 0 Å². The summed E-state index contributed by atoms with van der Waals surface area (Å²) in [6.45, 7) is 5.71. The highest BCUT2D eigenvalue weighted by Gasteiger charge is 2.26. The molecule has 0 bridgehead atoms. The standard InChI is InChI=1S/C35H38N4O3/c1-3-20-36-34(40)29-25-28(37-35(41)33(26-12-6-4-7-13-26)27-14-8-5-9-15-27)18-19-30(29)38-21-23-39(24-22-38)31-16-10-11-17-32(31)42-2/h4-19,25,33H,3,20-24H2,1-2H3,(H,36,40)(H,37,41). The molecule has 1 aliphatic heterocycles. The SMILES string of the molecule is CCCNC(=O)c1cc(NC(=O)C(c2ccccc2)c2ccccc2)ccc1N1CCN(c2ccccc2OC)CC1. The molecule has 4 aromatic carbocycles. The van der Waals surface area contributed by atoms with Gasteiger partial charge in [0.25, 0.3) is 5.91 Å². The van der Waals surface area contributed by atoms with Gasteiger partial charge in [0, 0.05) is 44.1 Å². The molecule has 2 N–H and O–H groups in total. The van der Waals surface area contributed by atoms with Crippen LogP contribution in [0.3, 0.4) is 0 Å². The fourth-order valence-corrected chi connectivity index (χ4v) is 5.49. The van der Waals surface area contributed by atoms with E-state index in [9.17, 15) is 9.59 Å². The fourth-order valence-electron chi connectivity index (χ4n) is 5.49. The van der Waals surface area contributed by atoms with Crippen molar-refractivity contribution < 1.29 is 14.3 Å². The van der Waals surface area contributed by atoms with Gasteiger partial charge in [-0.15, -0.1) is 0 Å². The second-order valence-electron chi connectivity index (χ2n) is 10.4. The van der Waals surface area contributed by atoms with Crippen molar-refractivity contribution in [3.8, 4) is 5.75 Å². The average molecular weight is 563 g/mol. The molecule has 7 heteroatoms. The Morgan fingerprint density at radius 1 is 0.762 bits per heavy atom. The molecule has 0 atom stereocenters. The number of para-hydroxylation sites is 2. The van der Waals surface area contributed by atoms with Gasteiger partial charge >= 0.3 is 0 Å². The summed E-state index contributed by atoms with van der Waals surface area (Å²) < 4.78 is 5.57. The summed E-state index contributed by atoms with van der Waals surface area (Å²) >= 11 is 0. The van der Waals surface area contributed by atoms with Gasteiger partial charge in [0.1, 0.15) is 5.75 Å². The monoisotopic (exact) mass is 562 g/mol. The number of hydrogen-bond donors (Lipinski definition) is 2. The number of nitrogens with zero attached hydrogens (tertiary/aromatic N) is 2. The smallest absolute Gasteiger partial charge is 0.253 e. The summed E-state index contributed by atoms with van der Waals surface area (Å²) in [5.41, 5.74) is 4.91. The van der Waals surface area contributed by atoms with Crippen molar-refractivity contribution in [2.75, 3.05) is 55.0 Å². The second kappa shape index (κ2) is 13.7. The maximum atomic E-state index is 13.7. The molecule has 42 heavy (non-hydrogen) atoms. The first kappa shape index (κ1) is 28.7. The van der Waals surface area contributed by atoms with E-state index in [1.807, 2.05) is 97.9 Å². The van der Waals surface area contributed by atoms with Crippen LogP contribution in [0, 0.1) is 0 Å². The van der Waals surface area contributed by atoms with Crippen LogP contribution in [0.2, 0.25) is 0 Å². The highest BCUT2D eigenvalue weighted by molar-refractivity contribution is 6.03. The largest absolute Gasteiger partial charge is 0.495 e. The third-order valence-corrected chi connectivity index (χ3v) is 7.62. The minimum Gasteiger partial charge on any atom is -0.495 e. The Hall–Kier alpha value is -4.78. The van der Waals surface area contributed by atoms with Crippen molar-refractivity contribution >= 4 is 28.9 Å². The van der Waals surface area contributed by atoms with Crippen molar-refractivity contribution in [1.82, 2.24) is 5.32 Å². The predicted molar refractivity (Wildman–Crippen MR) is 170 cm³/mol. The number of methoxy groups -OCH3 is 1. The van der Waals surface area contributed by atoms with Crippen LogP contribution < -0.4 is 25.2 Å². The Morgan fingerprint density at radius 2 is 1.33 bits per heavy atom. The summed E-state index contributed by atoms with van der Waals surface area (Å²) in [6, 6.07) is 33.2. The number of benzene rings is 4. The van der Waals surface area contributed by atoms with Crippen molar-refractivity contribution in [3.05, 3.63) is 120 Å². The molecule has 0 spiro atoms. The summed E-state index contributed by atoms with van der Waals surface area (Å²) in [5, 5.41) is 6.13. The Labute approximate surface area is 248 Å². The Bertz CT molecular complexity index is 1450. The van der Waals surface area contributed by atoms with Crippen molar-refractivity contribution in [3.63, 3.8) is 0 Å². The quantitative estimate of drug-likeness (QED) is 0.251. The lowest BCUT2D eigenvalue weighted by molar-refractivity contribution is -0.116. The van der Waals surface area contributed by atoms with Gasteiger partial charge in [-0.1, -0.05) is 79.7 Å². The number of amides is 2. The molecule has 0 radical (unpaired) electrons. The van der Waals surface area contributed by atoms with Crippen LogP contribution in [-0.2, 0) is 4.79 Å². The Kier molecular flexibility index (Phi) is 9.39. The van der Waals surface area contributed by atoms with Crippen LogP contribution in [0.5, 0.6) is 5.75 Å². The van der Waals surface area contributed by atoms with E-state index in [-0.39, 0.29) is 11.8 Å². The summed E-state index contributed by atoms with van der Waals surface area (Å²) in [7, 11) is 1.69. The van der Waals surface area contributed by atoms with Crippen molar-refractivity contribution in [2.45, 2.75) is 19.3 Å². The van der Waals surface area contributed by atoms with Crippen molar-refractivity contribution in [1.29, 1.82) is 0 Å². The van der Waals surface area contributed by atoms with E-state index in [0.717, 1.165) is 60.9 Å². The molecular formula is C35H38N4O3. The number of hydrogen-bond acceptors (Lipinski definition) is 5.